The van der Waals surface area contributed by atoms with Crippen molar-refractivity contribution in [3.8, 4) is 5.75 Å². The molecule has 174 valence electrons. The molecule has 1 aromatic carbocycles. The summed E-state index contributed by atoms with van der Waals surface area (Å²) in [5.41, 5.74) is 2.68. The molecule has 2 aliphatic carbocycles. The van der Waals surface area contributed by atoms with Crippen molar-refractivity contribution in [2.45, 2.75) is 94.6 Å². The SMILES string of the molecule is CCOc1cccc(C)c1C1CCC(OC[C@@H]2NCCC[C@@H]2NS(=O)(=O)C2CC2)CC1. The van der Waals surface area contributed by atoms with Crippen LogP contribution < -0.4 is 14.8 Å². The molecule has 7 heteroatoms. The molecule has 1 heterocycles. The summed E-state index contributed by atoms with van der Waals surface area (Å²) in [7, 11) is -3.17. The van der Waals surface area contributed by atoms with Gasteiger partial charge in [-0.15, -0.1) is 0 Å². The third kappa shape index (κ3) is 5.81. The Kier molecular flexibility index (Phi) is 7.57. The van der Waals surface area contributed by atoms with E-state index in [9.17, 15) is 8.42 Å². The van der Waals surface area contributed by atoms with Crippen molar-refractivity contribution < 1.29 is 17.9 Å². The smallest absolute Gasteiger partial charge is 0.214 e. The lowest BCUT2D eigenvalue weighted by molar-refractivity contribution is 0.00506. The maximum absolute atomic E-state index is 12.4. The lowest BCUT2D eigenvalue weighted by atomic mass is 9.80. The summed E-state index contributed by atoms with van der Waals surface area (Å²) in [5, 5.41) is 3.31. The highest BCUT2D eigenvalue weighted by Gasteiger charge is 2.39. The molecule has 3 aliphatic rings. The predicted molar refractivity (Wildman–Crippen MR) is 123 cm³/mol. The molecule has 1 saturated heterocycles. The number of benzene rings is 1. The number of ether oxygens (including phenoxy) is 2. The molecule has 2 atom stereocenters. The lowest BCUT2D eigenvalue weighted by Crippen LogP contribution is -2.56. The van der Waals surface area contributed by atoms with Crippen LogP contribution in [-0.2, 0) is 14.8 Å². The van der Waals surface area contributed by atoms with E-state index in [1.807, 2.05) is 6.92 Å². The van der Waals surface area contributed by atoms with Gasteiger partial charge >= 0.3 is 0 Å². The van der Waals surface area contributed by atoms with Gasteiger partial charge in [0.05, 0.1) is 24.6 Å². The van der Waals surface area contributed by atoms with Crippen molar-refractivity contribution >= 4 is 10.0 Å². The van der Waals surface area contributed by atoms with E-state index >= 15 is 0 Å². The van der Waals surface area contributed by atoms with Gasteiger partial charge in [-0.05, 0) is 89.3 Å². The third-order valence-electron chi connectivity index (χ3n) is 7.04. The maximum Gasteiger partial charge on any atom is 0.214 e. The molecule has 31 heavy (non-hydrogen) atoms. The molecule has 3 fully saturated rings. The molecule has 1 aliphatic heterocycles. The quantitative estimate of drug-likeness (QED) is 0.601. The normalized spacial score (nSPS) is 29.6. The van der Waals surface area contributed by atoms with Crippen molar-refractivity contribution in [1.29, 1.82) is 0 Å². The van der Waals surface area contributed by atoms with E-state index in [1.165, 1.54) is 11.1 Å². The molecule has 1 aromatic rings. The molecular weight excluding hydrogens is 412 g/mol. The second kappa shape index (κ2) is 10.2. The molecule has 0 bridgehead atoms. The Hall–Kier alpha value is -1.15. The third-order valence-corrected chi connectivity index (χ3v) is 9.02. The van der Waals surface area contributed by atoms with Crippen molar-refractivity contribution in [1.82, 2.24) is 10.0 Å². The molecule has 2 saturated carbocycles. The molecule has 4 rings (SSSR count). The van der Waals surface area contributed by atoms with Crippen LogP contribution in [0.1, 0.15) is 75.3 Å². The van der Waals surface area contributed by atoms with E-state index < -0.39 is 10.0 Å². The monoisotopic (exact) mass is 450 g/mol. The Morgan fingerprint density at radius 2 is 1.87 bits per heavy atom. The number of piperidine rings is 1. The van der Waals surface area contributed by atoms with Gasteiger partial charge in [0.2, 0.25) is 10.0 Å². The first-order valence-electron chi connectivity index (χ1n) is 12.1. The average molecular weight is 451 g/mol. The summed E-state index contributed by atoms with van der Waals surface area (Å²) in [5.74, 6) is 1.55. The van der Waals surface area contributed by atoms with Gasteiger partial charge < -0.3 is 14.8 Å². The van der Waals surface area contributed by atoms with Crippen molar-refractivity contribution in [3.05, 3.63) is 29.3 Å². The van der Waals surface area contributed by atoms with E-state index in [4.69, 9.17) is 9.47 Å². The first-order valence-corrected chi connectivity index (χ1v) is 13.6. The molecule has 0 unspecified atom stereocenters. The number of aryl methyl sites for hydroxylation is 1. The van der Waals surface area contributed by atoms with E-state index in [0.717, 1.165) is 63.7 Å². The second-order valence-corrected chi connectivity index (χ2v) is 11.4. The van der Waals surface area contributed by atoms with Gasteiger partial charge in [0.15, 0.2) is 0 Å². The van der Waals surface area contributed by atoms with Crippen molar-refractivity contribution in [3.63, 3.8) is 0 Å². The summed E-state index contributed by atoms with van der Waals surface area (Å²) >= 11 is 0. The number of sulfonamides is 1. The van der Waals surface area contributed by atoms with Crippen LogP contribution in [0.15, 0.2) is 18.2 Å². The molecule has 6 nitrogen and oxygen atoms in total. The Balaban J connectivity index is 1.29. The van der Waals surface area contributed by atoms with Crippen molar-refractivity contribution in [2.75, 3.05) is 19.8 Å². The Labute approximate surface area is 187 Å². The first-order chi connectivity index (χ1) is 15.0. The van der Waals surface area contributed by atoms with Crippen LogP contribution in [-0.4, -0.2) is 51.6 Å². The van der Waals surface area contributed by atoms with Crippen LogP contribution in [0.4, 0.5) is 0 Å². The number of rotatable bonds is 9. The van der Waals surface area contributed by atoms with Crippen LogP contribution >= 0.6 is 0 Å². The number of hydrogen-bond donors (Lipinski definition) is 2. The minimum Gasteiger partial charge on any atom is -0.494 e. The highest BCUT2D eigenvalue weighted by atomic mass is 32.2. The fourth-order valence-electron chi connectivity index (χ4n) is 5.17. The van der Waals surface area contributed by atoms with Crippen LogP contribution in [0.5, 0.6) is 5.75 Å². The van der Waals surface area contributed by atoms with Gasteiger partial charge in [-0.25, -0.2) is 13.1 Å². The summed E-state index contributed by atoms with van der Waals surface area (Å²) in [6, 6.07) is 6.34. The van der Waals surface area contributed by atoms with Crippen LogP contribution in [0, 0.1) is 6.92 Å². The summed E-state index contributed by atoms with van der Waals surface area (Å²) in [4.78, 5) is 0. The average Bonchev–Trinajstić information content (AvgIpc) is 3.60. The van der Waals surface area contributed by atoms with Gasteiger partial charge in [0, 0.05) is 17.6 Å². The Morgan fingerprint density at radius 3 is 2.58 bits per heavy atom. The Morgan fingerprint density at radius 1 is 1.10 bits per heavy atom. The molecule has 2 N–H and O–H groups in total. The zero-order valence-corrected chi connectivity index (χ0v) is 19.8. The summed E-state index contributed by atoms with van der Waals surface area (Å²) in [6.07, 6.45) is 8.01. The molecular formula is C24H38N2O4S. The zero-order valence-electron chi connectivity index (χ0n) is 18.9. The predicted octanol–water partition coefficient (Wildman–Crippen LogP) is 3.64. The minimum absolute atomic E-state index is 0.0564. The summed E-state index contributed by atoms with van der Waals surface area (Å²) < 4.78 is 40.0. The van der Waals surface area contributed by atoms with Gasteiger partial charge in [-0.1, -0.05) is 12.1 Å². The van der Waals surface area contributed by atoms with Crippen LogP contribution in [0.25, 0.3) is 0 Å². The van der Waals surface area contributed by atoms with Gasteiger partial charge in [-0.2, -0.15) is 0 Å². The lowest BCUT2D eigenvalue weighted by Gasteiger charge is -2.35. The van der Waals surface area contributed by atoms with E-state index in [2.05, 4.69) is 35.2 Å². The molecule has 0 aromatic heterocycles. The molecule has 0 amide bonds. The standard InChI is InChI=1S/C24H38N2O4S/c1-3-29-23-8-4-6-17(2)24(23)18-9-11-19(12-10-18)30-16-22-21(7-5-15-25-22)26-31(27,28)20-13-14-20/h4,6,8,18-22,25-26H,3,5,7,9-16H2,1-2H3/t18?,19?,21-,22-/m0/s1. The topological polar surface area (TPSA) is 76.7 Å². The van der Waals surface area contributed by atoms with Gasteiger partial charge in [-0.3, -0.25) is 0 Å². The Bertz CT molecular complexity index is 832. The number of nitrogens with one attached hydrogen (secondary N) is 2. The van der Waals surface area contributed by atoms with E-state index in [1.54, 1.807) is 0 Å². The second-order valence-electron chi connectivity index (χ2n) is 9.40. The fraction of sp³-hybridized carbons (Fsp3) is 0.750. The minimum atomic E-state index is -3.17. The largest absolute Gasteiger partial charge is 0.494 e. The van der Waals surface area contributed by atoms with E-state index in [0.29, 0.717) is 19.1 Å². The molecule has 0 spiro atoms. The highest BCUT2D eigenvalue weighted by molar-refractivity contribution is 7.90. The zero-order chi connectivity index (χ0) is 21.8. The number of hydrogen-bond acceptors (Lipinski definition) is 5. The van der Waals surface area contributed by atoms with Crippen LogP contribution in [0.3, 0.4) is 0 Å². The fourth-order valence-corrected chi connectivity index (χ4v) is 6.82. The highest BCUT2D eigenvalue weighted by Crippen LogP contribution is 2.40. The van der Waals surface area contributed by atoms with Gasteiger partial charge in [0.25, 0.3) is 0 Å². The first kappa shape index (κ1) is 23.0. The summed E-state index contributed by atoms with van der Waals surface area (Å²) in [6.45, 7) is 6.40. The van der Waals surface area contributed by atoms with E-state index in [-0.39, 0.29) is 23.4 Å². The van der Waals surface area contributed by atoms with Gasteiger partial charge in [0.1, 0.15) is 5.75 Å². The van der Waals surface area contributed by atoms with Crippen molar-refractivity contribution in [2.24, 2.45) is 0 Å². The van der Waals surface area contributed by atoms with Crippen LogP contribution in [0.2, 0.25) is 0 Å². The molecule has 0 radical (unpaired) electrons. The maximum atomic E-state index is 12.4.